The molecule has 0 aliphatic carbocycles. The van der Waals surface area contributed by atoms with Crippen molar-refractivity contribution < 1.29 is 12.8 Å². The third kappa shape index (κ3) is 3.51. The van der Waals surface area contributed by atoms with Crippen molar-refractivity contribution in [1.82, 2.24) is 9.71 Å². The number of pyridine rings is 1. The van der Waals surface area contributed by atoms with Gasteiger partial charge in [-0.05, 0) is 55.6 Å². The van der Waals surface area contributed by atoms with Crippen LogP contribution in [0.4, 0.5) is 4.39 Å². The molecule has 2 aromatic carbocycles. The number of rotatable bonds is 4. The minimum Gasteiger partial charge on any atom is -0.256 e. The van der Waals surface area contributed by atoms with Gasteiger partial charge in [-0.3, -0.25) is 4.98 Å². The molecule has 3 aromatic rings. The lowest BCUT2D eigenvalue weighted by Crippen LogP contribution is -2.24. The standard InChI is InChI=1S/C16H11Br2FN2O2S/c17-13-7-12(19)8-14(18)16(13)24(22,23)21-9-11-4-1-3-10-5-2-6-20-15(10)11/h1-8,21H,9H2. The molecule has 1 heterocycles. The molecule has 0 spiro atoms. The summed E-state index contributed by atoms with van der Waals surface area (Å²) >= 11 is 6.20. The highest BCUT2D eigenvalue weighted by molar-refractivity contribution is 9.11. The highest BCUT2D eigenvalue weighted by Gasteiger charge is 2.22. The largest absolute Gasteiger partial charge is 0.256 e. The second-order valence-corrected chi connectivity index (χ2v) is 8.43. The number of nitrogens with one attached hydrogen (secondary N) is 1. The third-order valence-electron chi connectivity index (χ3n) is 3.40. The Morgan fingerprint density at radius 2 is 1.75 bits per heavy atom. The summed E-state index contributed by atoms with van der Waals surface area (Å²) in [5, 5.41) is 0.929. The number of benzene rings is 2. The Bertz CT molecular complexity index is 997. The minimum absolute atomic E-state index is 0.0444. The van der Waals surface area contributed by atoms with Gasteiger partial charge in [0.05, 0.1) is 5.52 Å². The summed E-state index contributed by atoms with van der Waals surface area (Å²) in [6.45, 7) is 0.0763. The number of aromatic nitrogens is 1. The molecule has 0 bridgehead atoms. The first-order valence-electron chi connectivity index (χ1n) is 6.85. The van der Waals surface area contributed by atoms with Crippen molar-refractivity contribution >= 4 is 52.8 Å². The van der Waals surface area contributed by atoms with Gasteiger partial charge in [0.2, 0.25) is 10.0 Å². The monoisotopic (exact) mass is 472 g/mol. The Kier molecular flexibility index (Phi) is 5.00. The van der Waals surface area contributed by atoms with Gasteiger partial charge in [-0.1, -0.05) is 24.3 Å². The average Bonchev–Trinajstić information content (AvgIpc) is 2.51. The predicted molar refractivity (Wildman–Crippen MR) is 97.6 cm³/mol. The molecule has 0 atom stereocenters. The van der Waals surface area contributed by atoms with Gasteiger partial charge in [0.25, 0.3) is 0 Å². The fourth-order valence-electron chi connectivity index (χ4n) is 2.34. The molecule has 0 amide bonds. The summed E-state index contributed by atoms with van der Waals surface area (Å²) in [5.74, 6) is -0.536. The summed E-state index contributed by atoms with van der Waals surface area (Å²) in [5.41, 5.74) is 1.49. The van der Waals surface area contributed by atoms with Gasteiger partial charge in [0, 0.05) is 27.1 Å². The first kappa shape index (κ1) is 17.5. The van der Waals surface area contributed by atoms with E-state index < -0.39 is 15.8 Å². The molecule has 0 saturated heterocycles. The zero-order valence-electron chi connectivity index (χ0n) is 12.1. The lowest BCUT2D eigenvalue weighted by Gasteiger charge is -2.11. The van der Waals surface area contributed by atoms with Crippen LogP contribution in [0.1, 0.15) is 5.56 Å². The predicted octanol–water partition coefficient (Wildman–Crippen LogP) is 4.38. The lowest BCUT2D eigenvalue weighted by molar-refractivity contribution is 0.579. The maximum Gasteiger partial charge on any atom is 0.243 e. The molecule has 3 rings (SSSR count). The van der Waals surface area contributed by atoms with E-state index in [4.69, 9.17) is 0 Å². The van der Waals surface area contributed by atoms with Gasteiger partial charge in [-0.25, -0.2) is 17.5 Å². The van der Waals surface area contributed by atoms with Gasteiger partial charge in [0.15, 0.2) is 0 Å². The summed E-state index contributed by atoms with van der Waals surface area (Å²) < 4.78 is 41.3. The number of sulfonamides is 1. The lowest BCUT2D eigenvalue weighted by atomic mass is 10.1. The first-order valence-corrected chi connectivity index (χ1v) is 9.92. The Labute approximate surface area is 155 Å². The second-order valence-electron chi connectivity index (χ2n) is 5.02. The van der Waals surface area contributed by atoms with Crippen molar-refractivity contribution in [3.05, 3.63) is 69.0 Å². The van der Waals surface area contributed by atoms with Crippen LogP contribution in [0.3, 0.4) is 0 Å². The molecule has 0 aliphatic rings. The highest BCUT2D eigenvalue weighted by atomic mass is 79.9. The van der Waals surface area contributed by atoms with Crippen molar-refractivity contribution in [3.8, 4) is 0 Å². The molecule has 1 N–H and O–H groups in total. The fraction of sp³-hybridized carbons (Fsp3) is 0.0625. The van der Waals surface area contributed by atoms with Crippen LogP contribution in [0.15, 0.2) is 62.5 Å². The molecule has 1 aromatic heterocycles. The molecule has 124 valence electrons. The highest BCUT2D eigenvalue weighted by Crippen LogP contribution is 2.31. The van der Waals surface area contributed by atoms with Crippen molar-refractivity contribution in [2.75, 3.05) is 0 Å². The second kappa shape index (κ2) is 6.87. The first-order chi connectivity index (χ1) is 11.4. The Morgan fingerprint density at radius 3 is 2.46 bits per heavy atom. The molecule has 8 heteroatoms. The van der Waals surface area contributed by atoms with Crippen LogP contribution in [-0.4, -0.2) is 13.4 Å². The van der Waals surface area contributed by atoms with Gasteiger partial charge < -0.3 is 0 Å². The number of halogens is 3. The Balaban J connectivity index is 1.93. The van der Waals surface area contributed by atoms with Crippen LogP contribution in [0.25, 0.3) is 10.9 Å². The van der Waals surface area contributed by atoms with Crippen LogP contribution in [0.5, 0.6) is 0 Å². The van der Waals surface area contributed by atoms with Gasteiger partial charge in [-0.15, -0.1) is 0 Å². The number of nitrogens with zero attached hydrogens (tertiary/aromatic N) is 1. The summed E-state index contributed by atoms with van der Waals surface area (Å²) in [4.78, 5) is 4.25. The smallest absolute Gasteiger partial charge is 0.243 e. The van der Waals surface area contributed by atoms with E-state index >= 15 is 0 Å². The zero-order valence-corrected chi connectivity index (χ0v) is 16.1. The normalized spacial score (nSPS) is 11.8. The maximum atomic E-state index is 13.3. The molecule has 0 radical (unpaired) electrons. The van der Waals surface area contributed by atoms with Gasteiger partial charge in [0.1, 0.15) is 10.7 Å². The number of para-hydroxylation sites is 1. The molecular weight excluding hydrogens is 463 g/mol. The summed E-state index contributed by atoms with van der Waals surface area (Å²) in [6.07, 6.45) is 1.66. The van der Waals surface area contributed by atoms with E-state index in [0.29, 0.717) is 0 Å². The fourth-order valence-corrected chi connectivity index (χ4v) is 5.87. The van der Waals surface area contributed by atoms with Crippen LogP contribution < -0.4 is 4.72 Å². The minimum atomic E-state index is -3.84. The van der Waals surface area contributed by atoms with Crippen LogP contribution in [-0.2, 0) is 16.6 Å². The van der Waals surface area contributed by atoms with Crippen LogP contribution >= 0.6 is 31.9 Å². The molecule has 0 aliphatic heterocycles. The molecule has 0 saturated carbocycles. The van der Waals surface area contributed by atoms with Crippen molar-refractivity contribution in [2.24, 2.45) is 0 Å². The molecule has 0 unspecified atom stereocenters. The van der Waals surface area contributed by atoms with E-state index in [-0.39, 0.29) is 20.4 Å². The summed E-state index contributed by atoms with van der Waals surface area (Å²) in [7, 11) is -3.84. The summed E-state index contributed by atoms with van der Waals surface area (Å²) in [6, 6.07) is 11.5. The number of hydrogen-bond donors (Lipinski definition) is 1. The van der Waals surface area contributed by atoms with E-state index in [0.717, 1.165) is 28.6 Å². The van der Waals surface area contributed by atoms with Crippen LogP contribution in [0.2, 0.25) is 0 Å². The Hall–Kier alpha value is -1.35. The van der Waals surface area contributed by atoms with Gasteiger partial charge >= 0.3 is 0 Å². The molecule has 24 heavy (non-hydrogen) atoms. The molecular formula is C16H11Br2FN2O2S. The number of hydrogen-bond acceptors (Lipinski definition) is 3. The van der Waals surface area contributed by atoms with E-state index in [1.165, 1.54) is 0 Å². The average molecular weight is 474 g/mol. The maximum absolute atomic E-state index is 13.3. The van der Waals surface area contributed by atoms with E-state index in [2.05, 4.69) is 41.6 Å². The SMILES string of the molecule is O=S(=O)(NCc1cccc2cccnc12)c1c(Br)cc(F)cc1Br. The van der Waals surface area contributed by atoms with Crippen molar-refractivity contribution in [1.29, 1.82) is 0 Å². The third-order valence-corrected chi connectivity index (χ3v) is 6.68. The Morgan fingerprint density at radius 1 is 1.08 bits per heavy atom. The van der Waals surface area contributed by atoms with Crippen LogP contribution in [0, 0.1) is 5.82 Å². The van der Waals surface area contributed by atoms with Gasteiger partial charge in [-0.2, -0.15) is 0 Å². The van der Waals surface area contributed by atoms with E-state index in [1.54, 1.807) is 6.20 Å². The molecule has 4 nitrogen and oxygen atoms in total. The number of fused-ring (bicyclic) bond motifs is 1. The molecule has 0 fully saturated rings. The quantitative estimate of drug-likeness (QED) is 0.611. The van der Waals surface area contributed by atoms with Crippen molar-refractivity contribution in [3.63, 3.8) is 0 Å². The van der Waals surface area contributed by atoms with E-state index in [9.17, 15) is 12.8 Å². The van der Waals surface area contributed by atoms with Crippen molar-refractivity contribution in [2.45, 2.75) is 11.4 Å². The zero-order chi connectivity index (χ0) is 17.3. The van der Waals surface area contributed by atoms with E-state index in [1.807, 2.05) is 30.3 Å². The topological polar surface area (TPSA) is 59.1 Å².